The van der Waals surface area contributed by atoms with Crippen LogP contribution in [-0.2, 0) is 22.3 Å². The van der Waals surface area contributed by atoms with Gasteiger partial charge in [0.15, 0.2) is 0 Å². The van der Waals surface area contributed by atoms with Crippen molar-refractivity contribution in [3.63, 3.8) is 0 Å². The quantitative estimate of drug-likeness (QED) is 0.585. The van der Waals surface area contributed by atoms with Crippen LogP contribution in [-0.4, -0.2) is 43.7 Å². The topological polar surface area (TPSA) is 79.1 Å². The molecule has 2 aromatic carbocycles. The third-order valence-electron chi connectivity index (χ3n) is 4.81. The van der Waals surface area contributed by atoms with E-state index in [0.29, 0.717) is 28.2 Å². The smallest absolute Gasteiger partial charge is 0.300 e. The highest BCUT2D eigenvalue weighted by molar-refractivity contribution is 7.99. The Labute approximate surface area is 168 Å². The Hall–Kier alpha value is -1.45. The predicted molar refractivity (Wildman–Crippen MR) is 107 cm³/mol. The van der Waals surface area contributed by atoms with Crippen LogP contribution in [0.2, 0.25) is 5.02 Å². The fraction of sp³-hybridized carbons (Fsp3) is 0.333. The molecule has 0 saturated carbocycles. The highest BCUT2D eigenvalue weighted by Crippen LogP contribution is 2.45. The number of sulfonamides is 1. The van der Waals surface area contributed by atoms with Gasteiger partial charge in [0, 0.05) is 18.2 Å². The minimum Gasteiger partial charge on any atom is -0.338 e. The first-order chi connectivity index (χ1) is 12.7. The van der Waals surface area contributed by atoms with E-state index in [0.717, 1.165) is 5.56 Å². The van der Waals surface area contributed by atoms with E-state index in [-0.39, 0.29) is 9.92 Å². The van der Waals surface area contributed by atoms with Crippen LogP contribution in [0.25, 0.3) is 0 Å². The molecule has 3 rings (SSSR count). The zero-order chi connectivity index (χ0) is 19.7. The molecule has 0 spiro atoms. The summed E-state index contributed by atoms with van der Waals surface area (Å²) in [6.07, 6.45) is 0. The van der Waals surface area contributed by atoms with Gasteiger partial charge in [0.2, 0.25) is 5.72 Å². The van der Waals surface area contributed by atoms with Gasteiger partial charge in [-0.25, -0.2) is 0 Å². The van der Waals surface area contributed by atoms with E-state index in [1.54, 1.807) is 17.8 Å². The summed E-state index contributed by atoms with van der Waals surface area (Å²) >= 11 is 7.72. The molecule has 0 amide bonds. The van der Waals surface area contributed by atoms with E-state index >= 15 is 0 Å². The fourth-order valence-corrected chi connectivity index (χ4v) is 6.18. The van der Waals surface area contributed by atoms with Crippen LogP contribution < -0.4 is 0 Å². The number of aliphatic hydroxyl groups is 1. The summed E-state index contributed by atoms with van der Waals surface area (Å²) in [7, 11) is -0.759. The molecule has 1 heterocycles. The van der Waals surface area contributed by atoms with Gasteiger partial charge in [-0.05, 0) is 18.2 Å². The average Bonchev–Trinajstić information content (AvgIpc) is 2.91. The lowest BCUT2D eigenvalue weighted by atomic mass is 10.00. The second-order valence-corrected chi connectivity index (χ2v) is 9.65. The van der Waals surface area contributed by atoms with Gasteiger partial charge in [0.1, 0.15) is 17.3 Å². The summed E-state index contributed by atoms with van der Waals surface area (Å²) < 4.78 is 28.3. The largest absolute Gasteiger partial charge is 0.338 e. The van der Waals surface area contributed by atoms with Crippen LogP contribution in [0.1, 0.15) is 11.1 Å². The maximum atomic E-state index is 12.3. The Morgan fingerprint density at radius 2 is 1.96 bits per heavy atom. The molecule has 0 aromatic heterocycles. The SMILES string of the molecule is CN=NS(=O)(=O)c1cc(C2(O)CSC[N+]2(C)Cc2ccccc2)ccc1Cl. The van der Waals surface area contributed by atoms with E-state index in [1.165, 1.54) is 19.2 Å². The van der Waals surface area contributed by atoms with E-state index in [2.05, 4.69) is 9.63 Å². The normalized spacial score (nSPS) is 25.9. The van der Waals surface area contributed by atoms with Crippen molar-refractivity contribution in [2.75, 3.05) is 25.7 Å². The lowest BCUT2D eigenvalue weighted by Crippen LogP contribution is -2.56. The van der Waals surface area contributed by atoms with Gasteiger partial charge in [-0.2, -0.15) is 13.5 Å². The number of thioether (sulfide) groups is 1. The molecule has 1 fully saturated rings. The molecule has 2 atom stereocenters. The van der Waals surface area contributed by atoms with Gasteiger partial charge in [-0.15, -0.1) is 0 Å². The molecule has 1 N–H and O–H groups in total. The molecule has 0 radical (unpaired) electrons. The first kappa shape index (κ1) is 20.3. The molecule has 1 saturated heterocycles. The number of halogens is 1. The molecule has 1 aliphatic rings. The van der Waals surface area contributed by atoms with Crippen molar-refractivity contribution in [2.24, 2.45) is 9.63 Å². The maximum Gasteiger partial charge on any atom is 0.300 e. The van der Waals surface area contributed by atoms with Crippen LogP contribution in [0.15, 0.2) is 63.1 Å². The van der Waals surface area contributed by atoms with Crippen molar-refractivity contribution < 1.29 is 18.0 Å². The van der Waals surface area contributed by atoms with Crippen molar-refractivity contribution in [2.45, 2.75) is 17.2 Å². The van der Waals surface area contributed by atoms with E-state index in [4.69, 9.17) is 11.6 Å². The molecule has 6 nitrogen and oxygen atoms in total. The van der Waals surface area contributed by atoms with Crippen LogP contribution in [0, 0.1) is 0 Å². The van der Waals surface area contributed by atoms with Crippen molar-refractivity contribution in [1.82, 2.24) is 0 Å². The van der Waals surface area contributed by atoms with Gasteiger partial charge in [-0.1, -0.05) is 58.2 Å². The number of hydrogen-bond acceptors (Lipinski definition) is 5. The van der Waals surface area contributed by atoms with E-state index in [9.17, 15) is 13.5 Å². The number of quaternary nitrogens is 1. The number of rotatable bonds is 5. The molecule has 1 aliphatic heterocycles. The second kappa shape index (κ2) is 7.52. The van der Waals surface area contributed by atoms with E-state index < -0.39 is 15.7 Å². The third kappa shape index (κ3) is 3.77. The fourth-order valence-electron chi connectivity index (χ4n) is 3.31. The summed E-state index contributed by atoms with van der Waals surface area (Å²) in [4.78, 5) is -0.149. The molecular formula is C18H21ClN3O3S2+. The predicted octanol–water partition coefficient (Wildman–Crippen LogP) is 3.61. The second-order valence-electron chi connectivity index (χ2n) is 6.74. The highest BCUT2D eigenvalue weighted by atomic mass is 35.5. The van der Waals surface area contributed by atoms with E-state index in [1.807, 2.05) is 37.4 Å². The summed E-state index contributed by atoms with van der Waals surface area (Å²) in [6.45, 7) is 0.615. The Morgan fingerprint density at radius 3 is 2.63 bits per heavy atom. The third-order valence-corrected chi connectivity index (χ3v) is 7.88. The first-order valence-corrected chi connectivity index (χ1v) is 11.2. The lowest BCUT2D eigenvalue weighted by Gasteiger charge is -2.42. The number of nitrogens with zero attached hydrogens (tertiary/aromatic N) is 3. The lowest BCUT2D eigenvalue weighted by molar-refractivity contribution is -0.985. The molecule has 0 aliphatic carbocycles. The molecule has 9 heteroatoms. The summed E-state index contributed by atoms with van der Waals surface area (Å²) in [6, 6.07) is 14.5. The van der Waals surface area contributed by atoms with Gasteiger partial charge < -0.3 is 5.11 Å². The zero-order valence-corrected chi connectivity index (χ0v) is 17.4. The molecule has 144 valence electrons. The van der Waals surface area contributed by atoms with Crippen LogP contribution in [0.4, 0.5) is 0 Å². The summed E-state index contributed by atoms with van der Waals surface area (Å²) in [5.41, 5.74) is 0.348. The minimum atomic E-state index is -4.01. The zero-order valence-electron chi connectivity index (χ0n) is 15.0. The molecular weight excluding hydrogens is 406 g/mol. The minimum absolute atomic E-state index is 0.0534. The van der Waals surface area contributed by atoms with Crippen LogP contribution >= 0.6 is 23.4 Å². The Bertz CT molecular complexity index is 969. The highest BCUT2D eigenvalue weighted by Gasteiger charge is 2.53. The standard InChI is InChI=1S/C18H21ClN3O3S2/c1-20-21-27(24,25)17-10-15(8-9-16(17)19)18(23)12-26-13-22(18,2)11-14-6-4-3-5-7-14/h3-10,23H,11-13H2,1-2H3/q+1. The maximum absolute atomic E-state index is 12.3. The van der Waals surface area contributed by atoms with Crippen LogP contribution in [0.5, 0.6) is 0 Å². The Balaban J connectivity index is 2.06. The molecule has 2 aromatic rings. The Morgan fingerprint density at radius 1 is 1.26 bits per heavy atom. The number of benzene rings is 2. The molecule has 2 unspecified atom stereocenters. The Kier molecular flexibility index (Phi) is 5.65. The van der Waals surface area contributed by atoms with Gasteiger partial charge in [-0.3, -0.25) is 4.48 Å². The monoisotopic (exact) mass is 426 g/mol. The van der Waals surface area contributed by atoms with Crippen molar-refractivity contribution in [3.8, 4) is 0 Å². The van der Waals surface area contributed by atoms with Crippen molar-refractivity contribution >= 4 is 33.4 Å². The summed E-state index contributed by atoms with van der Waals surface area (Å²) in [5, 5.41) is 15.0. The first-order valence-electron chi connectivity index (χ1n) is 8.27. The van der Waals surface area contributed by atoms with Gasteiger partial charge in [0.05, 0.1) is 17.8 Å². The van der Waals surface area contributed by atoms with Crippen molar-refractivity contribution in [1.29, 1.82) is 0 Å². The molecule has 27 heavy (non-hydrogen) atoms. The van der Waals surface area contributed by atoms with Crippen molar-refractivity contribution in [3.05, 3.63) is 64.7 Å². The average molecular weight is 427 g/mol. The molecule has 0 bridgehead atoms. The summed E-state index contributed by atoms with van der Waals surface area (Å²) in [5.74, 6) is 1.15. The van der Waals surface area contributed by atoms with Crippen LogP contribution in [0.3, 0.4) is 0 Å². The van der Waals surface area contributed by atoms with Gasteiger partial charge in [0.25, 0.3) is 0 Å². The number of hydrogen-bond donors (Lipinski definition) is 1. The van der Waals surface area contributed by atoms with Gasteiger partial charge >= 0.3 is 10.0 Å².